The van der Waals surface area contributed by atoms with Crippen LogP contribution in [-0.2, 0) is 11.2 Å². The molecule has 2 rings (SSSR count). The van der Waals surface area contributed by atoms with Gasteiger partial charge in [-0.05, 0) is 33.3 Å². The molecule has 4 heteroatoms. The van der Waals surface area contributed by atoms with E-state index in [0.29, 0.717) is 6.04 Å². The maximum atomic E-state index is 9.65. The van der Waals surface area contributed by atoms with Gasteiger partial charge in [-0.15, -0.1) is 0 Å². The van der Waals surface area contributed by atoms with Gasteiger partial charge in [0.05, 0.1) is 18.4 Å². The molecule has 2 unspecified atom stereocenters. The van der Waals surface area contributed by atoms with E-state index in [0.717, 1.165) is 25.1 Å². The zero-order valence-corrected chi connectivity index (χ0v) is 10.9. The van der Waals surface area contributed by atoms with Gasteiger partial charge in [-0.2, -0.15) is 5.10 Å². The highest BCUT2D eigenvalue weighted by Gasteiger charge is 2.41. The van der Waals surface area contributed by atoms with Crippen LogP contribution in [-0.4, -0.2) is 34.2 Å². The SMILES string of the molecule is CC(C)n1ccc(CC2(CO)CCOC2C)n1. The summed E-state index contributed by atoms with van der Waals surface area (Å²) < 4.78 is 7.55. The number of aliphatic hydroxyl groups excluding tert-OH is 1. The Labute approximate surface area is 103 Å². The van der Waals surface area contributed by atoms with Crippen molar-refractivity contribution in [3.63, 3.8) is 0 Å². The summed E-state index contributed by atoms with van der Waals surface area (Å²) >= 11 is 0. The summed E-state index contributed by atoms with van der Waals surface area (Å²) in [6.07, 6.45) is 3.83. The van der Waals surface area contributed by atoms with E-state index in [2.05, 4.69) is 18.9 Å². The summed E-state index contributed by atoms with van der Waals surface area (Å²) in [6.45, 7) is 7.18. The highest BCUT2D eigenvalue weighted by Crippen LogP contribution is 2.37. The lowest BCUT2D eigenvalue weighted by Crippen LogP contribution is -2.35. The predicted octanol–water partition coefficient (Wildman–Crippen LogP) is 1.79. The molecule has 0 amide bonds. The first-order valence-corrected chi connectivity index (χ1v) is 6.34. The Balaban J connectivity index is 2.13. The minimum absolute atomic E-state index is 0.108. The van der Waals surface area contributed by atoms with Gasteiger partial charge in [-0.3, -0.25) is 4.68 Å². The first-order valence-electron chi connectivity index (χ1n) is 6.34. The number of nitrogens with zero attached hydrogens (tertiary/aromatic N) is 2. The Morgan fingerprint density at radius 2 is 2.41 bits per heavy atom. The Kier molecular flexibility index (Phi) is 3.54. The van der Waals surface area contributed by atoms with Crippen LogP contribution in [0.5, 0.6) is 0 Å². The van der Waals surface area contributed by atoms with Crippen molar-refractivity contribution >= 4 is 0 Å². The standard InChI is InChI=1S/C13H22N2O2/c1-10(2)15-6-4-12(14-15)8-13(9-16)5-7-17-11(13)3/h4,6,10-11,16H,5,7-9H2,1-3H3. The molecule has 0 aromatic carbocycles. The van der Waals surface area contributed by atoms with Crippen molar-refractivity contribution in [3.05, 3.63) is 18.0 Å². The Hall–Kier alpha value is -0.870. The zero-order chi connectivity index (χ0) is 12.5. The number of hydrogen-bond donors (Lipinski definition) is 1. The first-order chi connectivity index (χ1) is 8.07. The number of rotatable bonds is 4. The summed E-state index contributed by atoms with van der Waals surface area (Å²) in [5.74, 6) is 0. The van der Waals surface area contributed by atoms with Gasteiger partial charge >= 0.3 is 0 Å². The van der Waals surface area contributed by atoms with Gasteiger partial charge in [-0.25, -0.2) is 0 Å². The van der Waals surface area contributed by atoms with Crippen LogP contribution in [0.25, 0.3) is 0 Å². The lowest BCUT2D eigenvalue weighted by molar-refractivity contribution is 0.0265. The molecule has 1 aliphatic heterocycles. The molecule has 0 aliphatic carbocycles. The van der Waals surface area contributed by atoms with Crippen LogP contribution >= 0.6 is 0 Å². The number of hydrogen-bond acceptors (Lipinski definition) is 3. The van der Waals surface area contributed by atoms with Crippen LogP contribution in [0, 0.1) is 5.41 Å². The van der Waals surface area contributed by atoms with Gasteiger partial charge in [0.15, 0.2) is 0 Å². The Bertz CT molecular complexity index is 375. The van der Waals surface area contributed by atoms with E-state index in [-0.39, 0.29) is 18.1 Å². The van der Waals surface area contributed by atoms with E-state index in [1.165, 1.54) is 0 Å². The van der Waals surface area contributed by atoms with Crippen LogP contribution in [0.3, 0.4) is 0 Å². The Morgan fingerprint density at radius 3 is 2.88 bits per heavy atom. The molecule has 0 spiro atoms. The maximum absolute atomic E-state index is 9.65. The molecule has 17 heavy (non-hydrogen) atoms. The Morgan fingerprint density at radius 1 is 1.65 bits per heavy atom. The summed E-state index contributed by atoms with van der Waals surface area (Å²) in [7, 11) is 0. The summed E-state index contributed by atoms with van der Waals surface area (Å²) in [5, 5.41) is 14.2. The number of aliphatic hydroxyl groups is 1. The minimum atomic E-state index is -0.143. The smallest absolute Gasteiger partial charge is 0.0632 e. The molecule has 0 bridgehead atoms. The molecule has 1 fully saturated rings. The van der Waals surface area contributed by atoms with Crippen molar-refractivity contribution in [1.29, 1.82) is 0 Å². The molecule has 2 heterocycles. The van der Waals surface area contributed by atoms with E-state index in [1.54, 1.807) is 0 Å². The number of ether oxygens (including phenoxy) is 1. The van der Waals surface area contributed by atoms with Crippen LogP contribution in [0.4, 0.5) is 0 Å². The molecule has 4 nitrogen and oxygen atoms in total. The largest absolute Gasteiger partial charge is 0.396 e. The molecule has 2 atom stereocenters. The fourth-order valence-corrected chi connectivity index (χ4v) is 2.43. The number of aromatic nitrogens is 2. The van der Waals surface area contributed by atoms with Gasteiger partial charge in [-0.1, -0.05) is 0 Å². The maximum Gasteiger partial charge on any atom is 0.0632 e. The molecule has 96 valence electrons. The average molecular weight is 238 g/mol. The molecule has 0 radical (unpaired) electrons. The van der Waals surface area contributed by atoms with E-state index in [9.17, 15) is 5.11 Å². The molecule has 0 saturated carbocycles. The highest BCUT2D eigenvalue weighted by molar-refractivity contribution is 5.06. The third-order valence-corrected chi connectivity index (χ3v) is 3.87. The van der Waals surface area contributed by atoms with Crippen molar-refractivity contribution in [2.75, 3.05) is 13.2 Å². The second kappa shape index (κ2) is 4.78. The fourth-order valence-electron chi connectivity index (χ4n) is 2.43. The van der Waals surface area contributed by atoms with Gasteiger partial charge in [0.2, 0.25) is 0 Å². The zero-order valence-electron chi connectivity index (χ0n) is 10.9. The molecule has 1 aromatic heterocycles. The quantitative estimate of drug-likeness (QED) is 0.870. The van der Waals surface area contributed by atoms with Crippen molar-refractivity contribution < 1.29 is 9.84 Å². The van der Waals surface area contributed by atoms with Crippen LogP contribution in [0.2, 0.25) is 0 Å². The fraction of sp³-hybridized carbons (Fsp3) is 0.769. The van der Waals surface area contributed by atoms with Crippen molar-refractivity contribution in [1.82, 2.24) is 9.78 Å². The third-order valence-electron chi connectivity index (χ3n) is 3.87. The second-order valence-electron chi connectivity index (χ2n) is 5.34. The average Bonchev–Trinajstić information content (AvgIpc) is 2.88. The summed E-state index contributed by atoms with van der Waals surface area (Å²) in [6, 6.07) is 2.42. The topological polar surface area (TPSA) is 47.3 Å². The van der Waals surface area contributed by atoms with Gasteiger partial charge in [0.1, 0.15) is 0 Å². The van der Waals surface area contributed by atoms with Crippen LogP contribution < -0.4 is 0 Å². The van der Waals surface area contributed by atoms with Gasteiger partial charge in [0, 0.05) is 30.7 Å². The van der Waals surface area contributed by atoms with E-state index < -0.39 is 0 Å². The van der Waals surface area contributed by atoms with Crippen LogP contribution in [0.1, 0.15) is 38.9 Å². The van der Waals surface area contributed by atoms with Crippen molar-refractivity contribution in [2.24, 2.45) is 5.41 Å². The molecule has 1 aliphatic rings. The van der Waals surface area contributed by atoms with E-state index in [1.807, 2.05) is 23.9 Å². The summed E-state index contributed by atoms with van der Waals surface area (Å²) in [5.41, 5.74) is 0.904. The molecule has 1 aromatic rings. The molecular weight excluding hydrogens is 216 g/mol. The molecular formula is C13H22N2O2. The highest BCUT2D eigenvalue weighted by atomic mass is 16.5. The molecule has 1 N–H and O–H groups in total. The lowest BCUT2D eigenvalue weighted by atomic mass is 9.78. The molecule has 1 saturated heterocycles. The van der Waals surface area contributed by atoms with E-state index >= 15 is 0 Å². The predicted molar refractivity (Wildman–Crippen MR) is 65.9 cm³/mol. The van der Waals surface area contributed by atoms with E-state index in [4.69, 9.17) is 4.74 Å². The van der Waals surface area contributed by atoms with Gasteiger partial charge < -0.3 is 9.84 Å². The lowest BCUT2D eigenvalue weighted by Gasteiger charge is -2.29. The minimum Gasteiger partial charge on any atom is -0.396 e. The summed E-state index contributed by atoms with van der Waals surface area (Å²) in [4.78, 5) is 0. The van der Waals surface area contributed by atoms with Crippen LogP contribution in [0.15, 0.2) is 12.3 Å². The monoisotopic (exact) mass is 238 g/mol. The third kappa shape index (κ3) is 2.38. The first kappa shape index (κ1) is 12.6. The normalized spacial score (nSPS) is 29.1. The van der Waals surface area contributed by atoms with Crippen molar-refractivity contribution in [3.8, 4) is 0 Å². The van der Waals surface area contributed by atoms with Gasteiger partial charge in [0.25, 0.3) is 0 Å². The van der Waals surface area contributed by atoms with Crippen molar-refractivity contribution in [2.45, 2.75) is 45.8 Å². The second-order valence-corrected chi connectivity index (χ2v) is 5.34.